The molecule has 2 aliphatic carbocycles. The molecule has 0 aromatic heterocycles. The quantitative estimate of drug-likeness (QED) is 0.314. The molecule has 8 atom stereocenters. The molecule has 210 valence electrons. The zero-order valence-corrected chi connectivity index (χ0v) is 23.8. The molecule has 0 amide bonds. The van der Waals surface area contributed by atoms with Crippen molar-refractivity contribution in [3.8, 4) is 0 Å². The number of rotatable bonds is 5. The number of aliphatic hydroxyl groups excluding tert-OH is 1. The second-order valence-corrected chi connectivity index (χ2v) is 12.5. The Kier molecular flexibility index (Phi) is 7.34. The van der Waals surface area contributed by atoms with Crippen LogP contribution in [0.5, 0.6) is 0 Å². The summed E-state index contributed by atoms with van der Waals surface area (Å²) in [5.41, 5.74) is -1.24. The highest BCUT2D eigenvalue weighted by Gasteiger charge is 2.64. The van der Waals surface area contributed by atoms with Gasteiger partial charge >= 0.3 is 5.97 Å². The van der Waals surface area contributed by atoms with E-state index in [4.69, 9.17) is 14.2 Å². The van der Waals surface area contributed by atoms with E-state index in [-0.39, 0.29) is 47.8 Å². The van der Waals surface area contributed by atoms with Crippen LogP contribution in [0.2, 0.25) is 0 Å². The second kappa shape index (κ2) is 9.72. The monoisotopic (exact) mass is 530 g/mol. The summed E-state index contributed by atoms with van der Waals surface area (Å²) in [6, 6.07) is 0. The topological polar surface area (TPSA) is 119 Å². The number of carbonyl (C=O) groups is 3. The summed E-state index contributed by atoms with van der Waals surface area (Å²) < 4.78 is 18.4. The van der Waals surface area contributed by atoms with Crippen molar-refractivity contribution >= 4 is 17.5 Å². The van der Waals surface area contributed by atoms with Crippen LogP contribution in [0.15, 0.2) is 34.6 Å². The van der Waals surface area contributed by atoms with Gasteiger partial charge in [0.2, 0.25) is 5.78 Å². The fourth-order valence-electron chi connectivity index (χ4n) is 7.02. The summed E-state index contributed by atoms with van der Waals surface area (Å²) in [4.78, 5) is 39.0. The minimum atomic E-state index is -1.10. The van der Waals surface area contributed by atoms with Crippen molar-refractivity contribution in [1.82, 2.24) is 0 Å². The van der Waals surface area contributed by atoms with Gasteiger partial charge < -0.3 is 24.4 Å². The Morgan fingerprint density at radius 3 is 2.50 bits per heavy atom. The molecule has 2 heterocycles. The van der Waals surface area contributed by atoms with Crippen LogP contribution in [0, 0.1) is 17.3 Å². The van der Waals surface area contributed by atoms with E-state index < -0.39 is 46.8 Å². The van der Waals surface area contributed by atoms with Crippen LogP contribution in [0.4, 0.5) is 0 Å². The van der Waals surface area contributed by atoms with Gasteiger partial charge in [-0.2, -0.15) is 0 Å². The number of carbonyl (C=O) groups excluding carboxylic acids is 3. The van der Waals surface area contributed by atoms with Gasteiger partial charge in [-0.05, 0) is 65.5 Å². The van der Waals surface area contributed by atoms with E-state index >= 15 is 0 Å². The van der Waals surface area contributed by atoms with Gasteiger partial charge in [-0.15, -0.1) is 0 Å². The first-order valence-electron chi connectivity index (χ1n) is 13.6. The predicted octanol–water partition coefficient (Wildman–Crippen LogP) is 3.74. The smallest absolute Gasteiger partial charge is 0.303 e. The minimum absolute atomic E-state index is 0.0699. The lowest BCUT2D eigenvalue weighted by Gasteiger charge is -2.62. The molecule has 2 fully saturated rings. The number of ketones is 2. The van der Waals surface area contributed by atoms with Crippen molar-refractivity contribution in [1.29, 1.82) is 0 Å². The van der Waals surface area contributed by atoms with Gasteiger partial charge in [-0.1, -0.05) is 19.9 Å². The summed E-state index contributed by atoms with van der Waals surface area (Å²) in [7, 11) is 0. The van der Waals surface area contributed by atoms with Crippen molar-refractivity contribution in [2.45, 2.75) is 117 Å². The highest BCUT2D eigenvalue weighted by molar-refractivity contribution is 6.22. The number of allylic oxidation sites excluding steroid dienone is 4. The number of hydrogen-bond donors (Lipinski definition) is 2. The van der Waals surface area contributed by atoms with Gasteiger partial charge in [0.1, 0.15) is 11.7 Å². The fourth-order valence-corrected chi connectivity index (χ4v) is 7.02. The molecule has 8 unspecified atom stereocenters. The number of Topliss-reactive ketones (excluding diaryl/α,β-unsaturated/α-hetero) is 1. The molecule has 1 saturated heterocycles. The van der Waals surface area contributed by atoms with Gasteiger partial charge in [-0.3, -0.25) is 14.4 Å². The molecule has 0 spiro atoms. The molecular formula is C30H42O8. The van der Waals surface area contributed by atoms with Crippen LogP contribution < -0.4 is 0 Å². The lowest BCUT2D eigenvalue weighted by Crippen LogP contribution is -2.67. The zero-order chi connectivity index (χ0) is 28.4. The van der Waals surface area contributed by atoms with Gasteiger partial charge in [0.25, 0.3) is 0 Å². The lowest BCUT2D eigenvalue weighted by molar-refractivity contribution is -0.279. The normalized spacial score (nSPS) is 37.3. The van der Waals surface area contributed by atoms with Crippen molar-refractivity contribution in [2.24, 2.45) is 17.3 Å². The Morgan fingerprint density at radius 2 is 1.92 bits per heavy atom. The number of hydrogen-bond acceptors (Lipinski definition) is 8. The maximum absolute atomic E-state index is 13.8. The van der Waals surface area contributed by atoms with E-state index in [9.17, 15) is 24.6 Å². The van der Waals surface area contributed by atoms with Gasteiger partial charge in [0.05, 0.1) is 23.9 Å². The lowest BCUT2D eigenvalue weighted by atomic mass is 9.52. The molecule has 0 bridgehead atoms. The molecule has 2 aliphatic heterocycles. The van der Waals surface area contributed by atoms with Crippen molar-refractivity contribution in [3.63, 3.8) is 0 Å². The van der Waals surface area contributed by atoms with Gasteiger partial charge in [0.15, 0.2) is 11.5 Å². The molecule has 2 N–H and O–H groups in total. The first kappa shape index (κ1) is 28.7. The average Bonchev–Trinajstić information content (AvgIpc) is 2.83. The minimum Gasteiger partial charge on any atom is -0.483 e. The summed E-state index contributed by atoms with van der Waals surface area (Å²) in [6.45, 7) is 14.0. The molecule has 1 saturated carbocycles. The maximum Gasteiger partial charge on any atom is 0.303 e. The molecule has 8 nitrogen and oxygen atoms in total. The van der Waals surface area contributed by atoms with E-state index in [0.29, 0.717) is 18.4 Å². The maximum atomic E-state index is 13.8. The van der Waals surface area contributed by atoms with E-state index in [0.717, 1.165) is 5.57 Å². The molecule has 0 aromatic rings. The van der Waals surface area contributed by atoms with E-state index in [1.54, 1.807) is 20.8 Å². The van der Waals surface area contributed by atoms with Crippen molar-refractivity contribution in [3.05, 3.63) is 34.6 Å². The molecular weight excluding hydrogens is 488 g/mol. The molecule has 0 aromatic carbocycles. The second-order valence-electron chi connectivity index (χ2n) is 12.5. The Labute approximate surface area is 225 Å². The third-order valence-corrected chi connectivity index (χ3v) is 9.57. The van der Waals surface area contributed by atoms with Crippen molar-refractivity contribution in [2.75, 3.05) is 0 Å². The summed E-state index contributed by atoms with van der Waals surface area (Å²) in [5, 5.41) is 22.0. The summed E-state index contributed by atoms with van der Waals surface area (Å²) >= 11 is 0. The SMILES string of the molecule is C/C=C(\C)C(OC(C)=O)C(C)C1=CC(=O)C2=C(OC3(C)CCC4OC(C(C)(C)O)CC(O)C4(C)C3C2)C1=O. The molecule has 38 heavy (non-hydrogen) atoms. The molecule has 4 aliphatic rings. The standard InChI is InChI=1S/C30H42O8/c1-9-15(2)26(36-17(4)31)16(3)18-12-20(32)19-13-21-29(7,38-27(19)25(18)34)11-10-23-30(21,8)22(33)14-24(37-23)28(5,6)35/h9,12,16,21-24,26,33,35H,10-11,13-14H2,1-8H3/b15-9+. The third-order valence-electron chi connectivity index (χ3n) is 9.57. The predicted molar refractivity (Wildman–Crippen MR) is 140 cm³/mol. The van der Waals surface area contributed by atoms with Crippen LogP contribution in [0.3, 0.4) is 0 Å². The van der Waals surface area contributed by atoms with Crippen LogP contribution in [0.1, 0.15) is 81.1 Å². The highest BCUT2D eigenvalue weighted by atomic mass is 16.5. The first-order valence-corrected chi connectivity index (χ1v) is 13.6. The highest BCUT2D eigenvalue weighted by Crippen LogP contribution is 2.59. The Morgan fingerprint density at radius 1 is 1.26 bits per heavy atom. The van der Waals surface area contributed by atoms with Crippen molar-refractivity contribution < 1.29 is 38.8 Å². The largest absolute Gasteiger partial charge is 0.483 e. The van der Waals surface area contributed by atoms with Crippen LogP contribution >= 0.6 is 0 Å². The van der Waals surface area contributed by atoms with Crippen LogP contribution in [0.25, 0.3) is 0 Å². The number of ether oxygens (including phenoxy) is 3. The number of aliphatic hydroxyl groups is 2. The van der Waals surface area contributed by atoms with Crippen LogP contribution in [-0.2, 0) is 28.6 Å². The van der Waals surface area contributed by atoms with Gasteiger partial charge in [0, 0.05) is 41.7 Å². The summed E-state index contributed by atoms with van der Waals surface area (Å²) in [5.74, 6) is -1.87. The Hall–Kier alpha value is -2.29. The first-order chi connectivity index (χ1) is 17.5. The molecule has 8 heteroatoms. The fraction of sp³-hybridized carbons (Fsp3) is 0.700. The molecule has 0 radical (unpaired) electrons. The third kappa shape index (κ3) is 4.58. The summed E-state index contributed by atoms with van der Waals surface area (Å²) in [6.07, 6.45) is 2.63. The van der Waals surface area contributed by atoms with Gasteiger partial charge in [-0.25, -0.2) is 0 Å². The van der Waals surface area contributed by atoms with E-state index in [2.05, 4.69) is 0 Å². The van der Waals surface area contributed by atoms with Crippen LogP contribution in [-0.4, -0.2) is 63.4 Å². The Balaban J connectivity index is 1.66. The van der Waals surface area contributed by atoms with E-state index in [1.807, 2.05) is 33.8 Å². The number of esters is 1. The number of fused-ring (bicyclic) bond motifs is 3. The van der Waals surface area contributed by atoms with E-state index in [1.165, 1.54) is 13.0 Å². The average molecular weight is 531 g/mol. The molecule has 4 rings (SSSR count). The Bertz CT molecular complexity index is 1120. The zero-order valence-electron chi connectivity index (χ0n) is 23.8.